The van der Waals surface area contributed by atoms with Crippen molar-refractivity contribution < 1.29 is 9.53 Å². The van der Waals surface area contributed by atoms with E-state index in [0.29, 0.717) is 17.6 Å². The zero-order chi connectivity index (χ0) is 19.8. The maximum absolute atomic E-state index is 13.1. The zero-order valence-electron chi connectivity index (χ0n) is 17.6. The van der Waals surface area contributed by atoms with Crippen molar-refractivity contribution in [3.05, 3.63) is 36.5 Å². The number of rotatable bonds is 2. The van der Waals surface area contributed by atoms with Crippen molar-refractivity contribution in [1.82, 2.24) is 4.98 Å². The third kappa shape index (κ3) is 4.51. The van der Waals surface area contributed by atoms with Crippen molar-refractivity contribution in [2.24, 2.45) is 28.6 Å². The first-order valence-corrected chi connectivity index (χ1v) is 10.1. The van der Waals surface area contributed by atoms with Gasteiger partial charge in [-0.05, 0) is 66.2 Å². The van der Waals surface area contributed by atoms with Gasteiger partial charge in [0, 0.05) is 11.6 Å². The summed E-state index contributed by atoms with van der Waals surface area (Å²) >= 11 is 0. The Morgan fingerprint density at radius 2 is 1.56 bits per heavy atom. The van der Waals surface area contributed by atoms with Crippen molar-refractivity contribution in [3.63, 3.8) is 0 Å². The Bertz CT molecular complexity index is 786. The van der Waals surface area contributed by atoms with Crippen LogP contribution in [0.3, 0.4) is 0 Å². The predicted octanol–water partition coefficient (Wildman–Crippen LogP) is 6.26. The Balaban J connectivity index is 1.83. The molecule has 0 bridgehead atoms. The van der Waals surface area contributed by atoms with Gasteiger partial charge < -0.3 is 4.74 Å². The highest BCUT2D eigenvalue weighted by atomic mass is 16.5. The smallest absolute Gasteiger partial charge is 0.314 e. The van der Waals surface area contributed by atoms with E-state index in [4.69, 9.17) is 4.74 Å². The number of fused-ring (bicyclic) bond motifs is 1. The lowest BCUT2D eigenvalue weighted by molar-refractivity contribution is -0.142. The van der Waals surface area contributed by atoms with E-state index in [9.17, 15) is 4.79 Å². The molecule has 1 heterocycles. The normalized spacial score (nSPS) is 24.0. The topological polar surface area (TPSA) is 39.2 Å². The van der Waals surface area contributed by atoms with Crippen molar-refractivity contribution in [1.29, 1.82) is 0 Å². The van der Waals surface area contributed by atoms with Gasteiger partial charge in [-0.2, -0.15) is 0 Å². The molecule has 1 fully saturated rings. The van der Waals surface area contributed by atoms with Crippen LogP contribution in [0.2, 0.25) is 0 Å². The molecule has 1 aliphatic carbocycles. The van der Waals surface area contributed by atoms with Gasteiger partial charge in [-0.15, -0.1) is 0 Å². The molecule has 3 nitrogen and oxygen atoms in total. The molecule has 0 radical (unpaired) electrons. The van der Waals surface area contributed by atoms with Gasteiger partial charge in [0.25, 0.3) is 0 Å². The molecule has 1 aromatic carbocycles. The van der Waals surface area contributed by atoms with Crippen LogP contribution in [0.15, 0.2) is 36.5 Å². The van der Waals surface area contributed by atoms with Crippen LogP contribution in [0, 0.1) is 28.6 Å². The molecule has 1 aliphatic rings. The number of aromatic nitrogens is 1. The SMILES string of the molecule is CC(C)(C)C1CC(C(=O)Oc2cccc3ncccc23)CC(C(C)(C)C)C1. The highest BCUT2D eigenvalue weighted by Gasteiger charge is 2.42. The fraction of sp³-hybridized carbons (Fsp3) is 0.583. The van der Waals surface area contributed by atoms with Crippen LogP contribution in [0.4, 0.5) is 0 Å². The van der Waals surface area contributed by atoms with Crippen LogP contribution >= 0.6 is 0 Å². The summed E-state index contributed by atoms with van der Waals surface area (Å²) in [6.45, 7) is 13.8. The van der Waals surface area contributed by atoms with Gasteiger partial charge in [0.15, 0.2) is 0 Å². The van der Waals surface area contributed by atoms with Crippen LogP contribution in [0.1, 0.15) is 60.8 Å². The summed E-state index contributed by atoms with van der Waals surface area (Å²) in [5.41, 5.74) is 1.25. The number of ether oxygens (including phenoxy) is 1. The van der Waals surface area contributed by atoms with Crippen molar-refractivity contribution >= 4 is 16.9 Å². The number of carbonyl (C=O) groups is 1. The minimum atomic E-state index is -0.0884. The Morgan fingerprint density at radius 1 is 0.926 bits per heavy atom. The quantitative estimate of drug-likeness (QED) is 0.464. The second kappa shape index (κ2) is 7.26. The first kappa shape index (κ1) is 19.9. The number of nitrogens with zero attached hydrogens (tertiary/aromatic N) is 1. The first-order valence-electron chi connectivity index (χ1n) is 10.1. The lowest BCUT2D eigenvalue weighted by atomic mass is 9.60. The van der Waals surface area contributed by atoms with Gasteiger partial charge in [0.05, 0.1) is 11.4 Å². The van der Waals surface area contributed by atoms with Crippen LogP contribution in [0.5, 0.6) is 5.75 Å². The molecular weight excluding hydrogens is 334 g/mol. The van der Waals surface area contributed by atoms with E-state index >= 15 is 0 Å². The number of esters is 1. The van der Waals surface area contributed by atoms with Crippen LogP contribution in [0.25, 0.3) is 10.9 Å². The van der Waals surface area contributed by atoms with E-state index in [0.717, 1.165) is 23.7 Å². The van der Waals surface area contributed by atoms with Crippen molar-refractivity contribution in [2.45, 2.75) is 60.8 Å². The number of benzene rings is 1. The Morgan fingerprint density at radius 3 is 2.15 bits per heavy atom. The molecule has 0 spiro atoms. The van der Waals surface area contributed by atoms with Crippen LogP contribution in [-0.2, 0) is 4.79 Å². The molecule has 1 saturated carbocycles. The highest BCUT2D eigenvalue weighted by Crippen LogP contribution is 2.48. The van der Waals surface area contributed by atoms with Crippen LogP contribution in [-0.4, -0.2) is 11.0 Å². The first-order chi connectivity index (χ1) is 12.6. The standard InChI is InChI=1S/C24H33NO2/c1-23(2,3)17-13-16(14-18(15-17)24(4,5)6)22(26)27-21-11-7-10-20-19(21)9-8-12-25-20/h7-12,16-18H,13-15H2,1-6H3. The average molecular weight is 368 g/mol. The highest BCUT2D eigenvalue weighted by molar-refractivity contribution is 5.88. The molecule has 0 saturated heterocycles. The lowest BCUT2D eigenvalue weighted by Gasteiger charge is -2.45. The Labute approximate surface area is 163 Å². The third-order valence-electron chi connectivity index (χ3n) is 6.31. The van der Waals surface area contributed by atoms with Crippen molar-refractivity contribution in [3.8, 4) is 5.75 Å². The minimum Gasteiger partial charge on any atom is -0.426 e. The van der Waals surface area contributed by atoms with E-state index in [-0.39, 0.29) is 22.7 Å². The third-order valence-corrected chi connectivity index (χ3v) is 6.31. The molecule has 2 atom stereocenters. The molecule has 0 amide bonds. The molecule has 27 heavy (non-hydrogen) atoms. The van der Waals surface area contributed by atoms with E-state index in [1.807, 2.05) is 30.3 Å². The maximum Gasteiger partial charge on any atom is 0.314 e. The van der Waals surface area contributed by atoms with E-state index in [1.54, 1.807) is 6.20 Å². The van der Waals surface area contributed by atoms with Crippen molar-refractivity contribution in [2.75, 3.05) is 0 Å². The van der Waals surface area contributed by atoms with E-state index in [2.05, 4.69) is 46.5 Å². The second-order valence-electron chi connectivity index (χ2n) is 10.3. The molecule has 2 aromatic rings. The molecule has 0 N–H and O–H groups in total. The summed E-state index contributed by atoms with van der Waals surface area (Å²) in [6.07, 6.45) is 4.78. The number of hydrogen-bond donors (Lipinski definition) is 0. The molecule has 3 heteroatoms. The molecule has 146 valence electrons. The summed E-state index contributed by atoms with van der Waals surface area (Å²) in [5, 5.41) is 0.893. The monoisotopic (exact) mass is 367 g/mol. The van der Waals surface area contributed by atoms with E-state index in [1.165, 1.54) is 6.42 Å². The van der Waals surface area contributed by atoms with Gasteiger partial charge >= 0.3 is 5.97 Å². The molecular formula is C24H33NO2. The molecule has 2 unspecified atom stereocenters. The van der Waals surface area contributed by atoms with Gasteiger partial charge in [0.1, 0.15) is 5.75 Å². The van der Waals surface area contributed by atoms with Gasteiger partial charge in [-0.3, -0.25) is 9.78 Å². The Hall–Kier alpha value is -1.90. The second-order valence-corrected chi connectivity index (χ2v) is 10.3. The number of pyridine rings is 1. The van der Waals surface area contributed by atoms with Gasteiger partial charge in [0.2, 0.25) is 0 Å². The fourth-order valence-electron chi connectivity index (χ4n) is 4.28. The number of hydrogen-bond acceptors (Lipinski definition) is 3. The summed E-state index contributed by atoms with van der Waals surface area (Å²) in [5.74, 6) is 1.55. The van der Waals surface area contributed by atoms with E-state index < -0.39 is 0 Å². The fourth-order valence-corrected chi connectivity index (χ4v) is 4.28. The average Bonchev–Trinajstić information content (AvgIpc) is 2.60. The number of carbonyl (C=O) groups excluding carboxylic acids is 1. The molecule has 0 aliphatic heterocycles. The van der Waals surface area contributed by atoms with Crippen LogP contribution < -0.4 is 4.74 Å². The zero-order valence-corrected chi connectivity index (χ0v) is 17.6. The largest absolute Gasteiger partial charge is 0.426 e. The Kier molecular flexibility index (Phi) is 5.33. The molecule has 3 rings (SSSR count). The maximum atomic E-state index is 13.1. The molecule has 1 aromatic heterocycles. The van der Waals surface area contributed by atoms with Gasteiger partial charge in [-0.25, -0.2) is 0 Å². The minimum absolute atomic E-state index is 0.0425. The van der Waals surface area contributed by atoms with Gasteiger partial charge in [-0.1, -0.05) is 47.6 Å². The lowest BCUT2D eigenvalue weighted by Crippen LogP contribution is -2.39. The predicted molar refractivity (Wildman–Crippen MR) is 111 cm³/mol. The summed E-state index contributed by atoms with van der Waals surface area (Å²) in [4.78, 5) is 17.5. The summed E-state index contributed by atoms with van der Waals surface area (Å²) in [6, 6.07) is 9.55. The summed E-state index contributed by atoms with van der Waals surface area (Å²) < 4.78 is 5.91. The summed E-state index contributed by atoms with van der Waals surface area (Å²) in [7, 11) is 0.